The van der Waals surface area contributed by atoms with E-state index in [9.17, 15) is 26.7 Å². The Bertz CT molecular complexity index is 1270. The number of anilines is 1. The monoisotopic (exact) mass is 493 g/mol. The molecule has 3 aromatic rings. The van der Waals surface area contributed by atoms with Gasteiger partial charge >= 0.3 is 6.36 Å². The standard InChI is InChI=1S/C23H18F3NO4S2/c1-3-18-19(4-2)22(28)21(32-16-8-6-5-7-9-16)14-20(18)27-33(29,30)17-12-10-15(11-13-17)31-23(24,25)26/h3-14,27-28H,1-2H2. The maximum Gasteiger partial charge on any atom is 0.573 e. The van der Waals surface area contributed by atoms with Gasteiger partial charge in [0.1, 0.15) is 11.5 Å². The number of hydrogen-bond donors (Lipinski definition) is 2. The Hall–Kier alpha value is -3.37. The van der Waals surface area contributed by atoms with Gasteiger partial charge in [-0.05, 0) is 42.5 Å². The van der Waals surface area contributed by atoms with Crippen LogP contribution in [0.1, 0.15) is 11.1 Å². The Morgan fingerprint density at radius 2 is 1.58 bits per heavy atom. The summed E-state index contributed by atoms with van der Waals surface area (Å²) in [4.78, 5) is 0.897. The molecule has 0 amide bonds. The summed E-state index contributed by atoms with van der Waals surface area (Å²) >= 11 is 1.22. The van der Waals surface area contributed by atoms with Gasteiger partial charge in [0.05, 0.1) is 15.5 Å². The van der Waals surface area contributed by atoms with Crippen molar-refractivity contribution in [1.29, 1.82) is 0 Å². The van der Waals surface area contributed by atoms with Crippen LogP contribution in [0.5, 0.6) is 11.5 Å². The maximum absolute atomic E-state index is 12.9. The molecule has 0 saturated carbocycles. The van der Waals surface area contributed by atoms with Crippen LogP contribution >= 0.6 is 11.8 Å². The second-order valence-corrected chi connectivity index (χ2v) is 9.34. The molecular weight excluding hydrogens is 475 g/mol. The topological polar surface area (TPSA) is 75.6 Å². The Morgan fingerprint density at radius 1 is 0.970 bits per heavy atom. The van der Waals surface area contributed by atoms with Gasteiger partial charge in [-0.3, -0.25) is 4.72 Å². The van der Waals surface area contributed by atoms with Crippen LogP contribution in [-0.2, 0) is 10.0 Å². The van der Waals surface area contributed by atoms with Crippen molar-refractivity contribution in [2.75, 3.05) is 4.72 Å². The summed E-state index contributed by atoms with van der Waals surface area (Å²) in [5.74, 6) is -0.640. The highest BCUT2D eigenvalue weighted by atomic mass is 32.2. The average molecular weight is 494 g/mol. The van der Waals surface area contributed by atoms with Gasteiger partial charge in [0.15, 0.2) is 0 Å². The summed E-state index contributed by atoms with van der Waals surface area (Å²) in [6, 6.07) is 14.4. The summed E-state index contributed by atoms with van der Waals surface area (Å²) in [5, 5.41) is 10.7. The van der Waals surface area contributed by atoms with Crippen molar-refractivity contribution in [3.05, 3.63) is 84.9 Å². The maximum atomic E-state index is 12.9. The highest BCUT2D eigenvalue weighted by Gasteiger charge is 2.31. The molecule has 0 aliphatic rings. The Labute approximate surface area is 193 Å². The summed E-state index contributed by atoms with van der Waals surface area (Å²) < 4.78 is 69.1. The van der Waals surface area contributed by atoms with Crippen molar-refractivity contribution in [1.82, 2.24) is 0 Å². The van der Waals surface area contributed by atoms with Crippen molar-refractivity contribution in [3.8, 4) is 11.5 Å². The first-order valence-electron chi connectivity index (χ1n) is 9.30. The number of hydrogen-bond acceptors (Lipinski definition) is 5. The fourth-order valence-corrected chi connectivity index (χ4v) is 4.91. The van der Waals surface area contributed by atoms with E-state index >= 15 is 0 Å². The number of halogens is 3. The van der Waals surface area contributed by atoms with Crippen LogP contribution < -0.4 is 9.46 Å². The number of rotatable bonds is 8. The molecule has 0 unspecified atom stereocenters. The highest BCUT2D eigenvalue weighted by Crippen LogP contribution is 2.42. The molecule has 0 aliphatic carbocycles. The van der Waals surface area contributed by atoms with Gasteiger partial charge in [0, 0.05) is 16.0 Å². The lowest BCUT2D eigenvalue weighted by molar-refractivity contribution is -0.274. The molecular formula is C23H18F3NO4S2. The number of aromatic hydroxyl groups is 1. The second kappa shape index (κ2) is 9.63. The lowest BCUT2D eigenvalue weighted by Gasteiger charge is -2.17. The third-order valence-electron chi connectivity index (χ3n) is 4.34. The van der Waals surface area contributed by atoms with Gasteiger partial charge in [0.2, 0.25) is 0 Å². The molecule has 0 fully saturated rings. The summed E-state index contributed by atoms with van der Waals surface area (Å²) in [7, 11) is -4.19. The molecule has 0 aromatic heterocycles. The number of benzene rings is 3. The average Bonchev–Trinajstić information content (AvgIpc) is 2.75. The van der Waals surface area contributed by atoms with E-state index in [0.29, 0.717) is 10.5 Å². The van der Waals surface area contributed by atoms with Crippen LogP contribution in [-0.4, -0.2) is 19.9 Å². The number of ether oxygens (including phenoxy) is 1. The summed E-state index contributed by atoms with van der Waals surface area (Å²) in [5.41, 5.74) is 0.685. The Kier molecular flexibility index (Phi) is 7.09. The van der Waals surface area contributed by atoms with Gasteiger partial charge in [-0.15, -0.1) is 13.2 Å². The molecule has 0 saturated heterocycles. The zero-order valence-electron chi connectivity index (χ0n) is 17.0. The minimum atomic E-state index is -4.89. The molecule has 0 aliphatic heterocycles. The zero-order chi connectivity index (χ0) is 24.2. The first-order chi connectivity index (χ1) is 15.5. The Balaban J connectivity index is 1.99. The fourth-order valence-electron chi connectivity index (χ4n) is 2.91. The molecule has 0 bridgehead atoms. The van der Waals surface area contributed by atoms with Crippen LogP contribution in [0.15, 0.2) is 88.5 Å². The van der Waals surface area contributed by atoms with E-state index in [1.807, 2.05) is 30.3 Å². The first kappa shape index (κ1) is 24.3. The zero-order valence-corrected chi connectivity index (χ0v) is 18.6. The SMILES string of the molecule is C=Cc1c(NS(=O)(=O)c2ccc(OC(F)(F)F)cc2)cc(Sc2ccccc2)c(O)c1C=C. The normalized spacial score (nSPS) is 11.6. The second-order valence-electron chi connectivity index (χ2n) is 6.55. The molecule has 3 rings (SSSR count). The van der Waals surface area contributed by atoms with Gasteiger partial charge < -0.3 is 9.84 Å². The minimum absolute atomic E-state index is 0.0923. The number of phenolic OH excluding ortho intramolecular Hbond substituents is 1. The number of sulfonamides is 1. The van der Waals surface area contributed by atoms with E-state index in [4.69, 9.17) is 0 Å². The van der Waals surface area contributed by atoms with E-state index in [0.717, 1.165) is 29.2 Å². The molecule has 5 nitrogen and oxygen atoms in total. The third kappa shape index (κ3) is 5.91. The number of alkyl halides is 3. The molecule has 3 aromatic carbocycles. The van der Waals surface area contributed by atoms with E-state index < -0.39 is 22.1 Å². The summed E-state index contributed by atoms with van der Waals surface area (Å²) in [6.07, 6.45) is -2.15. The van der Waals surface area contributed by atoms with Crippen molar-refractivity contribution in [3.63, 3.8) is 0 Å². The smallest absolute Gasteiger partial charge is 0.506 e. The largest absolute Gasteiger partial charge is 0.573 e. The van der Waals surface area contributed by atoms with Gasteiger partial charge in [-0.25, -0.2) is 8.42 Å². The fraction of sp³-hybridized carbons (Fsp3) is 0.0435. The molecule has 0 spiro atoms. The van der Waals surface area contributed by atoms with E-state index in [-0.39, 0.29) is 21.9 Å². The van der Waals surface area contributed by atoms with Crippen molar-refractivity contribution in [2.24, 2.45) is 0 Å². The van der Waals surface area contributed by atoms with E-state index in [1.165, 1.54) is 30.0 Å². The molecule has 33 heavy (non-hydrogen) atoms. The molecule has 0 heterocycles. The van der Waals surface area contributed by atoms with Gasteiger partial charge in [-0.2, -0.15) is 0 Å². The summed E-state index contributed by atoms with van der Waals surface area (Å²) in [6.45, 7) is 7.36. The minimum Gasteiger partial charge on any atom is -0.506 e. The van der Waals surface area contributed by atoms with E-state index in [1.54, 1.807) is 0 Å². The Morgan fingerprint density at radius 3 is 2.12 bits per heavy atom. The van der Waals surface area contributed by atoms with Crippen molar-refractivity contribution in [2.45, 2.75) is 21.0 Å². The van der Waals surface area contributed by atoms with Gasteiger partial charge in [0.25, 0.3) is 10.0 Å². The first-order valence-corrected chi connectivity index (χ1v) is 11.6. The lowest BCUT2D eigenvalue weighted by atomic mass is 10.0. The predicted molar refractivity (Wildman–Crippen MR) is 123 cm³/mol. The third-order valence-corrected chi connectivity index (χ3v) is 6.76. The molecule has 172 valence electrons. The molecule has 10 heteroatoms. The number of phenols is 1. The van der Waals surface area contributed by atoms with Gasteiger partial charge in [-0.1, -0.05) is 55.3 Å². The molecule has 0 atom stereocenters. The van der Waals surface area contributed by atoms with E-state index in [2.05, 4.69) is 22.6 Å². The lowest BCUT2D eigenvalue weighted by Crippen LogP contribution is -2.17. The number of nitrogens with one attached hydrogen (secondary N) is 1. The molecule has 0 radical (unpaired) electrons. The van der Waals surface area contributed by atoms with Crippen LogP contribution in [0.2, 0.25) is 0 Å². The van der Waals surface area contributed by atoms with Crippen molar-refractivity contribution >= 4 is 39.6 Å². The van der Waals surface area contributed by atoms with Crippen molar-refractivity contribution < 1.29 is 31.4 Å². The van der Waals surface area contributed by atoms with Crippen LogP contribution in [0.3, 0.4) is 0 Å². The van der Waals surface area contributed by atoms with Crippen LogP contribution in [0, 0.1) is 0 Å². The molecule has 2 N–H and O–H groups in total. The van der Waals surface area contributed by atoms with Crippen LogP contribution in [0.25, 0.3) is 12.2 Å². The highest BCUT2D eigenvalue weighted by molar-refractivity contribution is 7.99. The predicted octanol–water partition coefficient (Wildman–Crippen LogP) is 6.53. The quantitative estimate of drug-likeness (QED) is 0.349. The van der Waals surface area contributed by atoms with Crippen LogP contribution in [0.4, 0.5) is 18.9 Å².